The number of nitrogens with zero attached hydrogens (tertiary/aromatic N) is 4. The van der Waals surface area contributed by atoms with E-state index >= 15 is 0 Å². The van der Waals surface area contributed by atoms with Gasteiger partial charge in [-0.3, -0.25) is 0 Å². The summed E-state index contributed by atoms with van der Waals surface area (Å²) in [5, 5.41) is 0. The molecule has 112 valence electrons. The maximum atomic E-state index is 6.06. The summed E-state index contributed by atoms with van der Waals surface area (Å²) in [7, 11) is 0. The lowest BCUT2D eigenvalue weighted by Crippen LogP contribution is -2.37. The van der Waals surface area contributed by atoms with Gasteiger partial charge in [0.05, 0.1) is 11.0 Å². The molecule has 1 aliphatic carbocycles. The van der Waals surface area contributed by atoms with Gasteiger partial charge >= 0.3 is 0 Å². The first kappa shape index (κ1) is 13.9. The summed E-state index contributed by atoms with van der Waals surface area (Å²) in [6.07, 6.45) is 2.48. The third kappa shape index (κ3) is 2.73. The molecule has 1 heterocycles. The van der Waals surface area contributed by atoms with Crippen molar-refractivity contribution in [3.8, 4) is 0 Å². The van der Waals surface area contributed by atoms with Crippen molar-refractivity contribution >= 4 is 17.0 Å². The zero-order chi connectivity index (χ0) is 14.8. The van der Waals surface area contributed by atoms with E-state index in [0.717, 1.165) is 24.4 Å². The molecule has 0 radical (unpaired) electrons. The van der Waals surface area contributed by atoms with E-state index in [1.165, 1.54) is 18.4 Å². The van der Waals surface area contributed by atoms with E-state index in [0.29, 0.717) is 18.5 Å². The van der Waals surface area contributed by atoms with Gasteiger partial charge in [0.2, 0.25) is 0 Å². The molecule has 1 aliphatic rings. The first-order valence-corrected chi connectivity index (χ1v) is 7.75. The number of fused-ring (bicyclic) bond motifs is 1. The van der Waals surface area contributed by atoms with Crippen LogP contribution in [0.4, 0.5) is 0 Å². The number of rotatable bonds is 5. The molecule has 0 atom stereocenters. The summed E-state index contributed by atoms with van der Waals surface area (Å²) in [6, 6.07) is 8.90. The molecular weight excluding hydrogens is 262 g/mol. The van der Waals surface area contributed by atoms with Crippen molar-refractivity contribution in [2.24, 2.45) is 10.7 Å². The van der Waals surface area contributed by atoms with Gasteiger partial charge in [0, 0.05) is 19.1 Å². The molecule has 1 aromatic heterocycles. The molecule has 0 amide bonds. The highest BCUT2D eigenvalue weighted by Gasteiger charge is 2.27. The summed E-state index contributed by atoms with van der Waals surface area (Å²) >= 11 is 0. The molecule has 0 saturated heterocycles. The number of benzene rings is 1. The van der Waals surface area contributed by atoms with E-state index in [1.807, 2.05) is 6.07 Å². The number of hydrogen-bond donors (Lipinski definition) is 1. The molecule has 1 saturated carbocycles. The first-order valence-electron chi connectivity index (χ1n) is 7.75. The molecule has 0 unspecified atom stereocenters. The lowest BCUT2D eigenvalue weighted by Gasteiger charge is -2.19. The Morgan fingerprint density at radius 2 is 2.05 bits per heavy atom. The second kappa shape index (κ2) is 5.76. The molecule has 5 nitrogen and oxygen atoms in total. The first-order chi connectivity index (χ1) is 10.2. The number of guanidine groups is 1. The normalized spacial score (nSPS) is 15.6. The maximum Gasteiger partial charge on any atom is 0.191 e. The van der Waals surface area contributed by atoms with Gasteiger partial charge in [0.15, 0.2) is 5.96 Å². The molecule has 1 fully saturated rings. The van der Waals surface area contributed by atoms with Gasteiger partial charge < -0.3 is 15.2 Å². The van der Waals surface area contributed by atoms with E-state index in [2.05, 4.69) is 46.5 Å². The number of para-hydroxylation sites is 2. The Bertz CT molecular complexity index is 650. The van der Waals surface area contributed by atoms with Gasteiger partial charge in [-0.05, 0) is 38.8 Å². The number of hydrogen-bond acceptors (Lipinski definition) is 2. The molecule has 1 aromatic carbocycles. The van der Waals surface area contributed by atoms with Gasteiger partial charge in [-0.25, -0.2) is 9.98 Å². The molecule has 0 bridgehead atoms. The van der Waals surface area contributed by atoms with Crippen LogP contribution in [0, 0.1) is 0 Å². The lowest BCUT2D eigenvalue weighted by atomic mass is 10.3. The van der Waals surface area contributed by atoms with Crippen LogP contribution in [-0.4, -0.2) is 33.5 Å². The number of aliphatic imine (C=N–C) groups is 1. The van der Waals surface area contributed by atoms with Crippen LogP contribution in [0.25, 0.3) is 11.0 Å². The largest absolute Gasteiger partial charge is 0.370 e. The van der Waals surface area contributed by atoms with Gasteiger partial charge in [0.25, 0.3) is 0 Å². The zero-order valence-electron chi connectivity index (χ0n) is 12.8. The van der Waals surface area contributed by atoms with E-state index in [-0.39, 0.29) is 0 Å². The third-order valence-electron chi connectivity index (χ3n) is 4.05. The Kier molecular flexibility index (Phi) is 3.82. The van der Waals surface area contributed by atoms with Crippen molar-refractivity contribution in [3.63, 3.8) is 0 Å². The molecule has 0 spiro atoms. The van der Waals surface area contributed by atoms with Crippen molar-refractivity contribution in [1.29, 1.82) is 0 Å². The minimum atomic E-state index is 0.549. The SMILES string of the molecule is CCN(CC)C(N)=NCc1nc2ccccc2n1C1CC1. The fraction of sp³-hybridized carbons (Fsp3) is 0.500. The third-order valence-corrected chi connectivity index (χ3v) is 4.05. The lowest BCUT2D eigenvalue weighted by molar-refractivity contribution is 0.457. The van der Waals surface area contributed by atoms with Crippen molar-refractivity contribution < 1.29 is 0 Å². The average molecular weight is 285 g/mol. The maximum absolute atomic E-state index is 6.06. The minimum absolute atomic E-state index is 0.549. The molecule has 21 heavy (non-hydrogen) atoms. The summed E-state index contributed by atoms with van der Waals surface area (Å²) in [5.41, 5.74) is 8.33. The second-order valence-corrected chi connectivity index (χ2v) is 5.46. The molecular formula is C16H23N5. The molecule has 3 rings (SSSR count). The topological polar surface area (TPSA) is 59.4 Å². The van der Waals surface area contributed by atoms with Gasteiger partial charge in [-0.15, -0.1) is 0 Å². The second-order valence-electron chi connectivity index (χ2n) is 5.46. The predicted octanol–water partition coefficient (Wildman–Crippen LogP) is 2.53. The van der Waals surface area contributed by atoms with E-state index < -0.39 is 0 Å². The van der Waals surface area contributed by atoms with Crippen LogP contribution < -0.4 is 5.73 Å². The Balaban J connectivity index is 1.90. The highest BCUT2D eigenvalue weighted by Crippen LogP contribution is 2.38. The van der Waals surface area contributed by atoms with Crippen molar-refractivity contribution in [3.05, 3.63) is 30.1 Å². The Morgan fingerprint density at radius 1 is 1.33 bits per heavy atom. The molecule has 5 heteroatoms. The van der Waals surface area contributed by atoms with Gasteiger partial charge in [0.1, 0.15) is 12.4 Å². The highest BCUT2D eigenvalue weighted by atomic mass is 15.2. The van der Waals surface area contributed by atoms with Gasteiger partial charge in [-0.2, -0.15) is 0 Å². The van der Waals surface area contributed by atoms with Crippen molar-refractivity contribution in [1.82, 2.24) is 14.5 Å². The summed E-state index contributed by atoms with van der Waals surface area (Å²) in [4.78, 5) is 11.3. The molecule has 0 aliphatic heterocycles. The van der Waals surface area contributed by atoms with Crippen LogP contribution in [-0.2, 0) is 6.54 Å². The van der Waals surface area contributed by atoms with E-state index in [4.69, 9.17) is 10.7 Å². The summed E-state index contributed by atoms with van der Waals surface area (Å²) in [6.45, 7) is 6.49. The van der Waals surface area contributed by atoms with E-state index in [9.17, 15) is 0 Å². The average Bonchev–Trinajstić information content (AvgIpc) is 3.27. The Morgan fingerprint density at radius 3 is 2.71 bits per heavy atom. The van der Waals surface area contributed by atoms with Gasteiger partial charge in [-0.1, -0.05) is 12.1 Å². The predicted molar refractivity (Wildman–Crippen MR) is 86.3 cm³/mol. The quantitative estimate of drug-likeness (QED) is 0.678. The fourth-order valence-electron chi connectivity index (χ4n) is 2.75. The summed E-state index contributed by atoms with van der Waals surface area (Å²) in [5.74, 6) is 1.63. The fourth-order valence-corrected chi connectivity index (χ4v) is 2.75. The monoisotopic (exact) mass is 285 g/mol. The number of aromatic nitrogens is 2. The Labute approximate surface area is 125 Å². The highest BCUT2D eigenvalue weighted by molar-refractivity contribution is 5.78. The van der Waals surface area contributed by atoms with Crippen LogP contribution in [0.1, 0.15) is 38.6 Å². The number of nitrogens with two attached hydrogens (primary N) is 1. The van der Waals surface area contributed by atoms with Crippen LogP contribution in [0.3, 0.4) is 0 Å². The number of imidazole rings is 1. The molecule has 2 aromatic rings. The summed E-state index contributed by atoms with van der Waals surface area (Å²) < 4.78 is 2.34. The van der Waals surface area contributed by atoms with E-state index in [1.54, 1.807) is 0 Å². The van der Waals surface area contributed by atoms with Crippen LogP contribution in [0.2, 0.25) is 0 Å². The molecule has 2 N–H and O–H groups in total. The van der Waals surface area contributed by atoms with Crippen LogP contribution in [0.5, 0.6) is 0 Å². The standard InChI is InChI=1S/C16H23N5/c1-3-20(4-2)16(17)18-11-15-19-13-7-5-6-8-14(13)21(15)12-9-10-12/h5-8,12H,3-4,9-11H2,1-2H3,(H2,17,18). The minimum Gasteiger partial charge on any atom is -0.370 e. The van der Waals surface area contributed by atoms with Crippen LogP contribution in [0.15, 0.2) is 29.3 Å². The smallest absolute Gasteiger partial charge is 0.191 e. The van der Waals surface area contributed by atoms with Crippen LogP contribution >= 0.6 is 0 Å². The van der Waals surface area contributed by atoms with Crippen molar-refractivity contribution in [2.75, 3.05) is 13.1 Å². The Hall–Kier alpha value is -2.04. The zero-order valence-corrected chi connectivity index (χ0v) is 12.8. The van der Waals surface area contributed by atoms with Crippen molar-refractivity contribution in [2.45, 2.75) is 39.3 Å².